The summed E-state index contributed by atoms with van der Waals surface area (Å²) in [6.45, 7) is 7.77. The Kier molecular flexibility index (Phi) is 3.83. The van der Waals surface area contributed by atoms with E-state index in [4.69, 9.17) is 5.73 Å². The Bertz CT molecular complexity index is 312. The van der Waals surface area contributed by atoms with E-state index in [1.165, 1.54) is 0 Å². The second kappa shape index (κ2) is 4.91. The minimum Gasteiger partial charge on any atom is -0.327 e. The maximum absolute atomic E-state index is 5.51. The molecule has 1 aromatic heterocycles. The highest BCUT2D eigenvalue weighted by Gasteiger charge is 2.03. The van der Waals surface area contributed by atoms with Gasteiger partial charge in [-0.25, -0.2) is 9.67 Å². The smallest absolute Gasteiger partial charge is 0.150 e. The molecule has 0 radical (unpaired) electrons. The normalized spacial score (nSPS) is 12.5. The number of rotatable bonds is 4. The molecule has 4 heteroatoms. The van der Waals surface area contributed by atoms with Gasteiger partial charge in [0.05, 0.1) is 0 Å². The van der Waals surface area contributed by atoms with E-state index in [-0.39, 0.29) is 0 Å². The first-order valence-electron chi connectivity index (χ1n) is 4.88. The van der Waals surface area contributed by atoms with Crippen molar-refractivity contribution in [3.63, 3.8) is 0 Å². The number of hydrogen-bond donors (Lipinski definition) is 1. The molecule has 0 saturated heterocycles. The third-order valence-corrected chi connectivity index (χ3v) is 1.88. The van der Waals surface area contributed by atoms with Gasteiger partial charge in [0.15, 0.2) is 5.82 Å². The summed E-state index contributed by atoms with van der Waals surface area (Å²) in [6, 6.07) is 0. The Hall–Kier alpha value is -1.16. The molecule has 0 atom stereocenters. The summed E-state index contributed by atoms with van der Waals surface area (Å²) in [5.74, 6) is 1.46. The van der Waals surface area contributed by atoms with Crippen LogP contribution in [-0.4, -0.2) is 21.3 Å². The van der Waals surface area contributed by atoms with Gasteiger partial charge < -0.3 is 5.73 Å². The van der Waals surface area contributed by atoms with E-state index < -0.39 is 0 Å². The molecule has 14 heavy (non-hydrogen) atoms. The zero-order valence-corrected chi connectivity index (χ0v) is 9.07. The Morgan fingerprint density at radius 3 is 2.93 bits per heavy atom. The van der Waals surface area contributed by atoms with E-state index in [0.29, 0.717) is 12.5 Å². The lowest BCUT2D eigenvalue weighted by molar-refractivity contribution is 0.479. The molecule has 0 fully saturated rings. The third kappa shape index (κ3) is 2.96. The van der Waals surface area contributed by atoms with E-state index in [2.05, 4.69) is 23.9 Å². The topological polar surface area (TPSA) is 56.7 Å². The van der Waals surface area contributed by atoms with Crippen molar-refractivity contribution in [1.29, 1.82) is 0 Å². The predicted molar refractivity (Wildman–Crippen MR) is 57.6 cm³/mol. The SMILES string of the molecule is C/C(=C/c1ncnn1CC(C)C)CN. The number of nitrogens with zero attached hydrogens (tertiary/aromatic N) is 3. The van der Waals surface area contributed by atoms with Crippen molar-refractivity contribution in [2.45, 2.75) is 27.3 Å². The summed E-state index contributed by atoms with van der Waals surface area (Å²) in [7, 11) is 0. The summed E-state index contributed by atoms with van der Waals surface area (Å²) < 4.78 is 1.91. The molecule has 0 aliphatic heterocycles. The first-order chi connectivity index (χ1) is 6.63. The minimum absolute atomic E-state index is 0.564. The number of aromatic nitrogens is 3. The van der Waals surface area contributed by atoms with Gasteiger partial charge in [-0.2, -0.15) is 5.10 Å². The summed E-state index contributed by atoms with van der Waals surface area (Å²) in [4.78, 5) is 4.18. The lowest BCUT2D eigenvalue weighted by Gasteiger charge is -2.06. The van der Waals surface area contributed by atoms with Gasteiger partial charge in [-0.1, -0.05) is 19.4 Å². The van der Waals surface area contributed by atoms with Gasteiger partial charge in [-0.3, -0.25) is 0 Å². The lowest BCUT2D eigenvalue weighted by Crippen LogP contribution is -2.09. The molecule has 1 rings (SSSR count). The van der Waals surface area contributed by atoms with Crippen LogP contribution in [0.25, 0.3) is 6.08 Å². The Balaban J connectivity index is 2.82. The maximum Gasteiger partial charge on any atom is 0.150 e. The molecule has 4 nitrogen and oxygen atoms in total. The van der Waals surface area contributed by atoms with Crippen LogP contribution in [0, 0.1) is 5.92 Å². The van der Waals surface area contributed by atoms with Crippen LogP contribution in [0.4, 0.5) is 0 Å². The summed E-state index contributed by atoms with van der Waals surface area (Å²) >= 11 is 0. The third-order valence-electron chi connectivity index (χ3n) is 1.88. The zero-order chi connectivity index (χ0) is 10.6. The average molecular weight is 194 g/mol. The fraction of sp³-hybridized carbons (Fsp3) is 0.600. The van der Waals surface area contributed by atoms with Crippen molar-refractivity contribution in [1.82, 2.24) is 14.8 Å². The molecule has 78 valence electrons. The van der Waals surface area contributed by atoms with Gasteiger partial charge in [-0.15, -0.1) is 0 Å². The first kappa shape index (κ1) is 10.9. The van der Waals surface area contributed by atoms with Crippen LogP contribution in [0.1, 0.15) is 26.6 Å². The van der Waals surface area contributed by atoms with Gasteiger partial charge in [0.25, 0.3) is 0 Å². The minimum atomic E-state index is 0.564. The molecule has 0 unspecified atom stereocenters. The van der Waals surface area contributed by atoms with Gasteiger partial charge in [0.2, 0.25) is 0 Å². The molecule has 0 aliphatic rings. The average Bonchev–Trinajstić information content (AvgIpc) is 2.52. The van der Waals surface area contributed by atoms with Crippen LogP contribution in [0.15, 0.2) is 11.9 Å². The Labute approximate surface area is 84.8 Å². The molecular weight excluding hydrogens is 176 g/mol. The Morgan fingerprint density at radius 2 is 2.36 bits per heavy atom. The second-order valence-corrected chi connectivity index (χ2v) is 3.89. The van der Waals surface area contributed by atoms with Crippen LogP contribution in [-0.2, 0) is 6.54 Å². The van der Waals surface area contributed by atoms with Crippen molar-refractivity contribution in [3.05, 3.63) is 17.7 Å². The summed E-state index contributed by atoms with van der Waals surface area (Å²) in [6.07, 6.45) is 3.56. The number of hydrogen-bond acceptors (Lipinski definition) is 3. The predicted octanol–water partition coefficient (Wildman–Crippen LogP) is 1.30. The van der Waals surface area contributed by atoms with Crippen molar-refractivity contribution in [2.24, 2.45) is 11.7 Å². The van der Waals surface area contributed by atoms with E-state index in [1.54, 1.807) is 6.33 Å². The summed E-state index contributed by atoms with van der Waals surface area (Å²) in [5.41, 5.74) is 6.63. The van der Waals surface area contributed by atoms with Crippen LogP contribution in [0.3, 0.4) is 0 Å². The van der Waals surface area contributed by atoms with Gasteiger partial charge in [-0.05, 0) is 18.9 Å². The van der Waals surface area contributed by atoms with Crippen LogP contribution < -0.4 is 5.73 Å². The fourth-order valence-corrected chi connectivity index (χ4v) is 1.15. The first-order valence-corrected chi connectivity index (χ1v) is 4.88. The van der Waals surface area contributed by atoms with Crippen molar-refractivity contribution < 1.29 is 0 Å². The zero-order valence-electron chi connectivity index (χ0n) is 9.07. The molecule has 1 heterocycles. The highest BCUT2D eigenvalue weighted by Crippen LogP contribution is 2.05. The second-order valence-electron chi connectivity index (χ2n) is 3.89. The highest BCUT2D eigenvalue weighted by molar-refractivity contribution is 5.44. The van der Waals surface area contributed by atoms with Crippen molar-refractivity contribution >= 4 is 6.08 Å². The van der Waals surface area contributed by atoms with Gasteiger partial charge in [0, 0.05) is 13.1 Å². The molecule has 1 aromatic rings. The lowest BCUT2D eigenvalue weighted by atomic mass is 10.2. The quantitative estimate of drug-likeness (QED) is 0.786. The molecule has 0 bridgehead atoms. The van der Waals surface area contributed by atoms with E-state index in [1.807, 2.05) is 17.7 Å². The maximum atomic E-state index is 5.51. The molecule has 0 saturated carbocycles. The molecule has 0 aliphatic carbocycles. The highest BCUT2D eigenvalue weighted by atomic mass is 15.3. The van der Waals surface area contributed by atoms with Gasteiger partial charge in [0.1, 0.15) is 6.33 Å². The van der Waals surface area contributed by atoms with Crippen LogP contribution in [0.5, 0.6) is 0 Å². The molecule has 0 spiro atoms. The van der Waals surface area contributed by atoms with E-state index >= 15 is 0 Å². The van der Waals surface area contributed by atoms with Crippen LogP contribution >= 0.6 is 0 Å². The fourth-order valence-electron chi connectivity index (χ4n) is 1.15. The summed E-state index contributed by atoms with van der Waals surface area (Å²) in [5, 5.41) is 4.16. The molecule has 0 aromatic carbocycles. The molecule has 2 N–H and O–H groups in total. The molecule has 0 amide bonds. The van der Waals surface area contributed by atoms with E-state index in [9.17, 15) is 0 Å². The monoisotopic (exact) mass is 194 g/mol. The van der Waals surface area contributed by atoms with Crippen molar-refractivity contribution in [3.8, 4) is 0 Å². The standard InChI is InChI=1S/C10H18N4/c1-8(2)6-14-10(12-7-13-14)4-9(3)5-11/h4,7-8H,5-6,11H2,1-3H3/b9-4-. The number of nitrogens with two attached hydrogens (primary N) is 1. The van der Waals surface area contributed by atoms with Crippen molar-refractivity contribution in [2.75, 3.05) is 6.54 Å². The van der Waals surface area contributed by atoms with Crippen LogP contribution in [0.2, 0.25) is 0 Å². The van der Waals surface area contributed by atoms with E-state index in [0.717, 1.165) is 17.9 Å². The molecular formula is C10H18N4. The largest absolute Gasteiger partial charge is 0.327 e. The Morgan fingerprint density at radius 1 is 1.64 bits per heavy atom. The van der Waals surface area contributed by atoms with Gasteiger partial charge >= 0.3 is 0 Å².